The molecule has 0 bridgehead atoms. The maximum absolute atomic E-state index is 13.2. The Morgan fingerprint density at radius 3 is 2.76 bits per heavy atom. The third-order valence-electron chi connectivity index (χ3n) is 3.23. The first-order valence-corrected chi connectivity index (χ1v) is 7.82. The molecule has 0 radical (unpaired) electrons. The lowest BCUT2D eigenvalue weighted by molar-refractivity contribution is 0.217. The molecule has 2 nitrogen and oxygen atoms in total. The second kappa shape index (κ2) is 7.46. The van der Waals surface area contributed by atoms with E-state index in [2.05, 4.69) is 35.1 Å². The fourth-order valence-electron chi connectivity index (χ4n) is 1.85. The van der Waals surface area contributed by atoms with Gasteiger partial charge in [-0.3, -0.25) is 0 Å². The molecule has 0 fully saturated rings. The molecule has 21 heavy (non-hydrogen) atoms. The molecule has 0 saturated carbocycles. The molecule has 2 aromatic carbocycles. The number of rotatable bonds is 6. The predicted molar refractivity (Wildman–Crippen MR) is 88.2 cm³/mol. The van der Waals surface area contributed by atoms with Crippen molar-refractivity contribution < 1.29 is 9.13 Å². The second-order valence-electron chi connectivity index (χ2n) is 4.97. The van der Waals surface area contributed by atoms with Crippen molar-refractivity contribution in [2.45, 2.75) is 32.9 Å². The summed E-state index contributed by atoms with van der Waals surface area (Å²) in [7, 11) is 0. The maximum Gasteiger partial charge on any atom is 0.137 e. The van der Waals surface area contributed by atoms with Crippen molar-refractivity contribution in [1.29, 1.82) is 0 Å². The van der Waals surface area contributed by atoms with Crippen molar-refractivity contribution in [1.82, 2.24) is 0 Å². The molecule has 0 heterocycles. The first-order valence-electron chi connectivity index (χ1n) is 7.03. The molecule has 0 aliphatic carbocycles. The van der Waals surface area contributed by atoms with E-state index < -0.39 is 0 Å². The zero-order valence-corrected chi connectivity index (χ0v) is 13.8. The molecular formula is C17H19BrFNO. The normalized spacial score (nSPS) is 12.0. The van der Waals surface area contributed by atoms with Crippen LogP contribution < -0.4 is 10.1 Å². The Labute approximate surface area is 133 Å². The van der Waals surface area contributed by atoms with Crippen LogP contribution in [0.1, 0.15) is 25.8 Å². The summed E-state index contributed by atoms with van der Waals surface area (Å²) < 4.78 is 19.5. The minimum atomic E-state index is -0.247. The molecule has 1 N–H and O–H groups in total. The highest BCUT2D eigenvalue weighted by atomic mass is 79.9. The van der Waals surface area contributed by atoms with Crippen molar-refractivity contribution in [3.8, 4) is 5.75 Å². The average Bonchev–Trinajstić information content (AvgIpc) is 2.49. The van der Waals surface area contributed by atoms with E-state index in [1.807, 2.05) is 24.3 Å². The van der Waals surface area contributed by atoms with E-state index in [4.69, 9.17) is 4.74 Å². The summed E-state index contributed by atoms with van der Waals surface area (Å²) in [4.78, 5) is 0. The standard InChI is InChI=1S/C17H19BrFNO/c1-3-12(2)21-15-6-4-5-14(10-15)20-11-13-7-8-17(19)16(18)9-13/h4-10,12,20H,3,11H2,1-2H3. The summed E-state index contributed by atoms with van der Waals surface area (Å²) in [5.74, 6) is 0.609. The van der Waals surface area contributed by atoms with Gasteiger partial charge in [0.2, 0.25) is 0 Å². The smallest absolute Gasteiger partial charge is 0.137 e. The fourth-order valence-corrected chi connectivity index (χ4v) is 2.27. The molecule has 0 aliphatic rings. The molecule has 1 atom stereocenters. The number of nitrogens with one attached hydrogen (secondary N) is 1. The van der Waals surface area contributed by atoms with Crippen molar-refractivity contribution >= 4 is 21.6 Å². The maximum atomic E-state index is 13.2. The van der Waals surface area contributed by atoms with E-state index in [0.717, 1.165) is 23.4 Å². The van der Waals surface area contributed by atoms with Gasteiger partial charge < -0.3 is 10.1 Å². The Balaban J connectivity index is 1.99. The van der Waals surface area contributed by atoms with Gasteiger partial charge in [-0.2, -0.15) is 0 Å². The lowest BCUT2D eigenvalue weighted by atomic mass is 10.2. The first kappa shape index (κ1) is 15.8. The second-order valence-corrected chi connectivity index (χ2v) is 5.82. The minimum absolute atomic E-state index is 0.202. The van der Waals surface area contributed by atoms with Gasteiger partial charge in [0.05, 0.1) is 10.6 Å². The number of anilines is 1. The van der Waals surface area contributed by atoms with Crippen LogP contribution in [-0.2, 0) is 6.54 Å². The van der Waals surface area contributed by atoms with Crippen molar-refractivity contribution in [3.63, 3.8) is 0 Å². The topological polar surface area (TPSA) is 21.3 Å². The Bertz CT molecular complexity index is 603. The van der Waals surface area contributed by atoms with Gasteiger partial charge in [0.1, 0.15) is 11.6 Å². The monoisotopic (exact) mass is 351 g/mol. The number of hydrogen-bond acceptors (Lipinski definition) is 2. The fraction of sp³-hybridized carbons (Fsp3) is 0.294. The van der Waals surface area contributed by atoms with Gasteiger partial charge in [-0.1, -0.05) is 19.1 Å². The Morgan fingerprint density at radius 1 is 1.24 bits per heavy atom. The number of ether oxygens (including phenoxy) is 1. The molecule has 1 unspecified atom stereocenters. The summed E-state index contributed by atoms with van der Waals surface area (Å²) in [5.41, 5.74) is 1.99. The van der Waals surface area contributed by atoms with E-state index in [1.165, 1.54) is 6.07 Å². The molecule has 2 rings (SSSR count). The summed E-state index contributed by atoms with van der Waals surface area (Å²) in [5, 5.41) is 3.32. The Hall–Kier alpha value is -1.55. The highest BCUT2D eigenvalue weighted by Crippen LogP contribution is 2.21. The lowest BCUT2D eigenvalue weighted by Crippen LogP contribution is -2.09. The van der Waals surface area contributed by atoms with Crippen LogP contribution in [0.3, 0.4) is 0 Å². The first-order chi connectivity index (χ1) is 10.1. The van der Waals surface area contributed by atoms with E-state index >= 15 is 0 Å². The highest BCUT2D eigenvalue weighted by molar-refractivity contribution is 9.10. The van der Waals surface area contributed by atoms with E-state index in [0.29, 0.717) is 11.0 Å². The van der Waals surface area contributed by atoms with Gasteiger partial charge in [0, 0.05) is 18.3 Å². The van der Waals surface area contributed by atoms with E-state index in [9.17, 15) is 4.39 Å². The SMILES string of the molecule is CCC(C)Oc1cccc(NCc2ccc(F)c(Br)c2)c1. The Morgan fingerprint density at radius 2 is 2.05 bits per heavy atom. The molecule has 0 spiro atoms. The van der Waals surface area contributed by atoms with Crippen molar-refractivity contribution in [2.75, 3.05) is 5.32 Å². The molecular weight excluding hydrogens is 333 g/mol. The summed E-state index contributed by atoms with van der Waals surface area (Å²) >= 11 is 3.20. The molecule has 0 saturated heterocycles. The highest BCUT2D eigenvalue weighted by Gasteiger charge is 2.03. The minimum Gasteiger partial charge on any atom is -0.491 e. The molecule has 0 aromatic heterocycles. The summed E-state index contributed by atoms with van der Waals surface area (Å²) in [6.45, 7) is 4.78. The average molecular weight is 352 g/mol. The van der Waals surface area contributed by atoms with Crippen LogP contribution in [0.15, 0.2) is 46.9 Å². The Kier molecular flexibility index (Phi) is 5.62. The van der Waals surface area contributed by atoms with Crippen LogP contribution in [0.25, 0.3) is 0 Å². The van der Waals surface area contributed by atoms with Crippen LogP contribution in [0.5, 0.6) is 5.75 Å². The van der Waals surface area contributed by atoms with Gasteiger partial charge in [-0.05, 0) is 59.1 Å². The third kappa shape index (κ3) is 4.74. The van der Waals surface area contributed by atoms with Crippen LogP contribution in [0.4, 0.5) is 10.1 Å². The van der Waals surface area contributed by atoms with Crippen LogP contribution in [0.2, 0.25) is 0 Å². The largest absolute Gasteiger partial charge is 0.491 e. The molecule has 112 valence electrons. The number of halogens is 2. The van der Waals surface area contributed by atoms with E-state index in [-0.39, 0.29) is 11.9 Å². The number of benzene rings is 2. The van der Waals surface area contributed by atoms with Gasteiger partial charge in [0.25, 0.3) is 0 Å². The van der Waals surface area contributed by atoms with Gasteiger partial charge in [0.15, 0.2) is 0 Å². The van der Waals surface area contributed by atoms with Crippen LogP contribution >= 0.6 is 15.9 Å². The van der Waals surface area contributed by atoms with Crippen molar-refractivity contribution in [3.05, 3.63) is 58.3 Å². The third-order valence-corrected chi connectivity index (χ3v) is 3.83. The molecule has 4 heteroatoms. The zero-order valence-electron chi connectivity index (χ0n) is 12.2. The lowest BCUT2D eigenvalue weighted by Gasteiger charge is -2.14. The van der Waals surface area contributed by atoms with Crippen LogP contribution in [-0.4, -0.2) is 6.10 Å². The van der Waals surface area contributed by atoms with Crippen molar-refractivity contribution in [2.24, 2.45) is 0 Å². The molecule has 0 aliphatic heterocycles. The summed E-state index contributed by atoms with van der Waals surface area (Å²) in [6.07, 6.45) is 1.18. The van der Waals surface area contributed by atoms with Gasteiger partial charge >= 0.3 is 0 Å². The quantitative estimate of drug-likeness (QED) is 0.754. The molecule has 0 amide bonds. The van der Waals surface area contributed by atoms with Gasteiger partial charge in [-0.15, -0.1) is 0 Å². The van der Waals surface area contributed by atoms with Gasteiger partial charge in [-0.25, -0.2) is 4.39 Å². The van der Waals surface area contributed by atoms with Crippen LogP contribution in [0, 0.1) is 5.82 Å². The van der Waals surface area contributed by atoms with E-state index in [1.54, 1.807) is 12.1 Å². The number of hydrogen-bond donors (Lipinski definition) is 1. The molecule has 2 aromatic rings. The zero-order chi connectivity index (χ0) is 15.2. The summed E-state index contributed by atoms with van der Waals surface area (Å²) in [6, 6.07) is 12.9. The predicted octanol–water partition coefficient (Wildman–Crippen LogP) is 5.38.